The van der Waals surface area contributed by atoms with Crippen molar-refractivity contribution < 1.29 is 13.2 Å². The van der Waals surface area contributed by atoms with Crippen molar-refractivity contribution >= 4 is 11.8 Å². The van der Waals surface area contributed by atoms with Gasteiger partial charge in [-0.25, -0.2) is 0 Å². The van der Waals surface area contributed by atoms with Gasteiger partial charge in [0.1, 0.15) is 0 Å². The summed E-state index contributed by atoms with van der Waals surface area (Å²) >= 11 is 0. The summed E-state index contributed by atoms with van der Waals surface area (Å²) < 4.78 is 38.2. The number of aryl methyl sites for hydroxylation is 1. The molecule has 0 spiro atoms. The molecule has 2 heterocycles. The zero-order valence-corrected chi connectivity index (χ0v) is 12.8. The molecule has 0 aliphatic carbocycles. The molecule has 1 aliphatic heterocycles. The molecule has 1 aliphatic rings. The summed E-state index contributed by atoms with van der Waals surface area (Å²) in [6.07, 6.45) is 0.193. The number of aromatic nitrogens is 1. The molecule has 0 amide bonds. The summed E-state index contributed by atoms with van der Waals surface area (Å²) in [7, 11) is 0. The summed E-state index contributed by atoms with van der Waals surface area (Å²) in [5.74, 6) is 0. The van der Waals surface area contributed by atoms with Crippen LogP contribution in [0.1, 0.15) is 16.8 Å². The molecule has 1 aromatic carbocycles. The molecule has 0 bridgehead atoms. The molecule has 1 unspecified atom stereocenters. The third-order valence-electron chi connectivity index (χ3n) is 3.71. The van der Waals surface area contributed by atoms with Gasteiger partial charge in [0.05, 0.1) is 11.3 Å². The van der Waals surface area contributed by atoms with Gasteiger partial charge in [0.25, 0.3) is 0 Å². The lowest BCUT2D eigenvalue weighted by atomic mass is 9.99. The fourth-order valence-electron chi connectivity index (χ4n) is 2.44. The van der Waals surface area contributed by atoms with Crippen molar-refractivity contribution in [2.45, 2.75) is 19.4 Å². The highest BCUT2D eigenvalue weighted by molar-refractivity contribution is 6.09. The largest absolute Gasteiger partial charge is 0.416 e. The van der Waals surface area contributed by atoms with Crippen molar-refractivity contribution in [3.8, 4) is 11.1 Å². The van der Waals surface area contributed by atoms with Gasteiger partial charge in [0, 0.05) is 29.7 Å². The third kappa shape index (κ3) is 3.30. The number of nitrogens with two attached hydrogens (primary N) is 1. The van der Waals surface area contributed by atoms with Gasteiger partial charge in [0.2, 0.25) is 0 Å². The van der Waals surface area contributed by atoms with Crippen LogP contribution in [-0.4, -0.2) is 17.5 Å². The number of benzene rings is 1. The second-order valence-corrected chi connectivity index (χ2v) is 5.45. The van der Waals surface area contributed by atoms with Crippen molar-refractivity contribution in [2.75, 3.05) is 0 Å². The molecule has 0 saturated heterocycles. The van der Waals surface area contributed by atoms with Crippen LogP contribution < -0.4 is 11.1 Å². The highest BCUT2D eigenvalue weighted by Crippen LogP contribution is 2.33. The van der Waals surface area contributed by atoms with Crippen molar-refractivity contribution in [2.24, 2.45) is 10.7 Å². The average molecular weight is 332 g/mol. The number of hydrogen-bond donors (Lipinski definition) is 2. The minimum Gasteiger partial charge on any atom is -0.357 e. The molecule has 0 saturated carbocycles. The lowest BCUT2D eigenvalue weighted by molar-refractivity contribution is -0.137. The van der Waals surface area contributed by atoms with Crippen LogP contribution in [0.25, 0.3) is 16.7 Å². The lowest BCUT2D eigenvalue weighted by Gasteiger charge is -2.14. The second kappa shape index (κ2) is 6.09. The Morgan fingerprint density at radius 1 is 1.17 bits per heavy atom. The first kappa shape index (κ1) is 16.2. The Labute approximate surface area is 136 Å². The first-order valence-electron chi connectivity index (χ1n) is 7.24. The predicted molar refractivity (Wildman–Crippen MR) is 87.0 cm³/mol. The van der Waals surface area contributed by atoms with Crippen molar-refractivity contribution in [1.29, 1.82) is 0 Å². The van der Waals surface area contributed by atoms with E-state index < -0.39 is 18.0 Å². The maximum absolute atomic E-state index is 12.7. The predicted octanol–water partition coefficient (Wildman–Crippen LogP) is 3.33. The van der Waals surface area contributed by atoms with E-state index in [1.807, 2.05) is 6.07 Å². The zero-order valence-electron chi connectivity index (χ0n) is 12.8. The Balaban J connectivity index is 1.88. The standard InChI is InChI=1S/C17H15F3N4/c1-10-6-13(17(18,19)20)3-4-14(10)11-2-5-15(22-7-11)12-8-23-16(21)24-9-12/h2-9,16,23H,21H2,1H3. The Morgan fingerprint density at radius 2 is 1.96 bits per heavy atom. The minimum atomic E-state index is -4.34. The van der Waals surface area contributed by atoms with Gasteiger partial charge in [-0.1, -0.05) is 12.1 Å². The van der Waals surface area contributed by atoms with Crippen LogP contribution in [-0.2, 0) is 6.18 Å². The maximum atomic E-state index is 12.7. The van der Waals surface area contributed by atoms with Gasteiger partial charge >= 0.3 is 6.18 Å². The SMILES string of the molecule is Cc1cc(C(F)(F)F)ccc1-c1ccc(C2=CNC(N)N=C2)nc1. The molecule has 3 rings (SSSR count). The van der Waals surface area contributed by atoms with Crippen LogP contribution in [0, 0.1) is 6.92 Å². The number of nitrogens with one attached hydrogen (secondary N) is 1. The van der Waals surface area contributed by atoms with E-state index in [-0.39, 0.29) is 0 Å². The van der Waals surface area contributed by atoms with E-state index in [1.165, 1.54) is 6.07 Å². The van der Waals surface area contributed by atoms with Gasteiger partial charge in [-0.2, -0.15) is 13.2 Å². The monoisotopic (exact) mass is 332 g/mol. The van der Waals surface area contributed by atoms with Gasteiger partial charge < -0.3 is 5.32 Å². The Hall–Kier alpha value is -2.67. The van der Waals surface area contributed by atoms with Gasteiger partial charge in [-0.3, -0.25) is 15.7 Å². The first-order chi connectivity index (χ1) is 11.3. The molecule has 24 heavy (non-hydrogen) atoms. The summed E-state index contributed by atoms with van der Waals surface area (Å²) in [4.78, 5) is 8.40. The van der Waals surface area contributed by atoms with E-state index in [4.69, 9.17) is 5.73 Å². The van der Waals surface area contributed by atoms with E-state index in [2.05, 4.69) is 15.3 Å². The maximum Gasteiger partial charge on any atom is 0.416 e. The van der Waals surface area contributed by atoms with Crippen LogP contribution >= 0.6 is 0 Å². The van der Waals surface area contributed by atoms with Crippen molar-refractivity contribution in [3.05, 3.63) is 59.5 Å². The van der Waals surface area contributed by atoms with Crippen molar-refractivity contribution in [3.63, 3.8) is 0 Å². The van der Waals surface area contributed by atoms with Gasteiger partial charge in [0.15, 0.2) is 6.29 Å². The number of halogens is 3. The summed E-state index contributed by atoms with van der Waals surface area (Å²) in [5, 5.41) is 2.88. The van der Waals surface area contributed by atoms with E-state index in [0.717, 1.165) is 23.3 Å². The molecule has 1 atom stereocenters. The van der Waals surface area contributed by atoms with Crippen LogP contribution in [0.4, 0.5) is 13.2 Å². The lowest BCUT2D eigenvalue weighted by Crippen LogP contribution is -2.34. The number of allylic oxidation sites excluding steroid dienone is 1. The highest BCUT2D eigenvalue weighted by Gasteiger charge is 2.30. The van der Waals surface area contributed by atoms with Crippen molar-refractivity contribution in [1.82, 2.24) is 10.3 Å². The topological polar surface area (TPSA) is 63.3 Å². The smallest absolute Gasteiger partial charge is 0.357 e. The molecule has 0 radical (unpaired) electrons. The van der Waals surface area contributed by atoms with Crippen LogP contribution in [0.5, 0.6) is 0 Å². The van der Waals surface area contributed by atoms with Gasteiger partial charge in [-0.15, -0.1) is 0 Å². The number of hydrogen-bond acceptors (Lipinski definition) is 4. The third-order valence-corrected chi connectivity index (χ3v) is 3.71. The number of aliphatic imine (C=N–C) groups is 1. The van der Waals surface area contributed by atoms with E-state index in [9.17, 15) is 13.2 Å². The zero-order chi connectivity index (χ0) is 17.3. The van der Waals surface area contributed by atoms with Crippen LogP contribution in [0.15, 0.2) is 47.7 Å². The molecule has 3 N–H and O–H groups in total. The molecule has 124 valence electrons. The Kier molecular flexibility index (Phi) is 4.11. The van der Waals surface area contributed by atoms with Crippen LogP contribution in [0.3, 0.4) is 0 Å². The minimum absolute atomic E-state index is 0.456. The molecular weight excluding hydrogens is 317 g/mol. The fourth-order valence-corrected chi connectivity index (χ4v) is 2.44. The summed E-state index contributed by atoms with van der Waals surface area (Å²) in [5.41, 5.74) is 8.43. The number of pyridine rings is 1. The first-order valence-corrected chi connectivity index (χ1v) is 7.24. The molecule has 0 fully saturated rings. The molecule has 2 aromatic rings. The normalized spacial score (nSPS) is 17.4. The number of nitrogens with zero attached hydrogens (tertiary/aromatic N) is 2. The van der Waals surface area contributed by atoms with E-state index >= 15 is 0 Å². The van der Waals surface area contributed by atoms with E-state index in [0.29, 0.717) is 16.8 Å². The Bertz CT molecular complexity index is 808. The van der Waals surface area contributed by atoms with Gasteiger partial charge in [-0.05, 0) is 36.2 Å². The van der Waals surface area contributed by atoms with E-state index in [1.54, 1.807) is 31.6 Å². The molecule has 4 nitrogen and oxygen atoms in total. The number of alkyl halides is 3. The highest BCUT2D eigenvalue weighted by atomic mass is 19.4. The van der Waals surface area contributed by atoms with Crippen LogP contribution in [0.2, 0.25) is 0 Å². The second-order valence-electron chi connectivity index (χ2n) is 5.45. The molecular formula is C17H15F3N4. The fraction of sp³-hybridized carbons (Fsp3) is 0.176. The summed E-state index contributed by atoms with van der Waals surface area (Å²) in [6.45, 7) is 1.65. The molecule has 7 heteroatoms. The Morgan fingerprint density at radius 3 is 2.50 bits per heavy atom. The molecule has 1 aromatic heterocycles. The summed E-state index contributed by atoms with van der Waals surface area (Å²) in [6, 6.07) is 7.31. The quantitative estimate of drug-likeness (QED) is 0.887. The average Bonchev–Trinajstić information content (AvgIpc) is 2.55. The number of rotatable bonds is 2.